The van der Waals surface area contributed by atoms with E-state index in [1.807, 2.05) is 72.8 Å². The number of amides is 1. The molecule has 0 bridgehead atoms. The van der Waals surface area contributed by atoms with Crippen molar-refractivity contribution in [2.45, 2.75) is 6.61 Å². The molecule has 0 heterocycles. The van der Waals surface area contributed by atoms with E-state index in [2.05, 4.69) is 5.32 Å². The summed E-state index contributed by atoms with van der Waals surface area (Å²) in [4.78, 5) is 12.7. The molecule has 4 nitrogen and oxygen atoms in total. The molecule has 0 fully saturated rings. The Labute approximate surface area is 185 Å². The average Bonchev–Trinajstić information content (AvgIpc) is 2.83. The molecule has 0 aliphatic carbocycles. The molecule has 4 aromatic rings. The van der Waals surface area contributed by atoms with Gasteiger partial charge in [-0.05, 0) is 52.7 Å². The molecule has 5 heteroatoms. The average molecular weight is 422 g/mol. The summed E-state index contributed by atoms with van der Waals surface area (Å²) < 4.78 is 19.2. The highest BCUT2D eigenvalue weighted by Gasteiger charge is 2.14. The lowest BCUT2D eigenvalue weighted by atomic mass is 10.0. The van der Waals surface area contributed by atoms with Gasteiger partial charge in [0.05, 0.1) is 0 Å². The molecule has 4 rings (SSSR count). The molecule has 0 aliphatic rings. The van der Waals surface area contributed by atoms with Crippen molar-refractivity contribution in [1.29, 1.82) is 5.26 Å². The van der Waals surface area contributed by atoms with Gasteiger partial charge in [0.1, 0.15) is 29.8 Å². The summed E-state index contributed by atoms with van der Waals surface area (Å²) in [5.41, 5.74) is 1.96. The van der Waals surface area contributed by atoms with Gasteiger partial charge in [0.15, 0.2) is 0 Å². The van der Waals surface area contributed by atoms with E-state index in [0.717, 1.165) is 16.3 Å². The van der Waals surface area contributed by atoms with Crippen LogP contribution < -0.4 is 10.1 Å². The van der Waals surface area contributed by atoms with Crippen molar-refractivity contribution in [3.05, 3.63) is 114 Å². The Morgan fingerprint density at radius 1 is 0.938 bits per heavy atom. The second kappa shape index (κ2) is 9.59. The largest absolute Gasteiger partial charge is 0.488 e. The first-order chi connectivity index (χ1) is 15.6. The zero-order valence-electron chi connectivity index (χ0n) is 17.1. The third kappa shape index (κ3) is 4.82. The van der Waals surface area contributed by atoms with Gasteiger partial charge < -0.3 is 10.1 Å². The number of anilines is 1. The Balaban J connectivity index is 1.69. The number of benzene rings is 4. The summed E-state index contributed by atoms with van der Waals surface area (Å²) in [6, 6.07) is 28.5. The fraction of sp³-hybridized carbons (Fsp3) is 0.0370. The molecule has 1 amide bonds. The molecule has 0 aromatic heterocycles. The zero-order valence-corrected chi connectivity index (χ0v) is 17.1. The van der Waals surface area contributed by atoms with Gasteiger partial charge in [0.2, 0.25) is 0 Å². The zero-order chi connectivity index (χ0) is 22.3. The van der Waals surface area contributed by atoms with Gasteiger partial charge in [-0.15, -0.1) is 0 Å². The second-order valence-corrected chi connectivity index (χ2v) is 7.10. The van der Waals surface area contributed by atoms with Crippen LogP contribution in [0.15, 0.2) is 96.6 Å². The lowest BCUT2D eigenvalue weighted by molar-refractivity contribution is -0.112. The third-order valence-corrected chi connectivity index (χ3v) is 4.92. The summed E-state index contributed by atoms with van der Waals surface area (Å²) in [7, 11) is 0. The molecule has 156 valence electrons. The van der Waals surface area contributed by atoms with Crippen LogP contribution in [0, 0.1) is 17.1 Å². The number of rotatable bonds is 6. The molecule has 0 spiro atoms. The van der Waals surface area contributed by atoms with Crippen LogP contribution in [-0.4, -0.2) is 5.91 Å². The minimum Gasteiger partial charge on any atom is -0.488 e. The van der Waals surface area contributed by atoms with E-state index in [4.69, 9.17) is 4.74 Å². The molecule has 0 aliphatic heterocycles. The van der Waals surface area contributed by atoms with Crippen molar-refractivity contribution in [2.24, 2.45) is 0 Å². The van der Waals surface area contributed by atoms with Crippen LogP contribution in [0.5, 0.6) is 5.75 Å². The maximum absolute atomic E-state index is 13.1. The van der Waals surface area contributed by atoms with Gasteiger partial charge in [0, 0.05) is 11.3 Å². The summed E-state index contributed by atoms with van der Waals surface area (Å²) in [5, 5.41) is 14.1. The first-order valence-electron chi connectivity index (χ1n) is 10.0. The fourth-order valence-electron chi connectivity index (χ4n) is 3.31. The summed E-state index contributed by atoms with van der Waals surface area (Å²) in [5.74, 6) is -0.425. The lowest BCUT2D eigenvalue weighted by Gasteiger charge is -2.13. The van der Waals surface area contributed by atoms with E-state index in [1.54, 1.807) is 0 Å². The number of nitriles is 1. The van der Waals surface area contributed by atoms with Gasteiger partial charge >= 0.3 is 0 Å². The van der Waals surface area contributed by atoms with Gasteiger partial charge in [0.25, 0.3) is 5.91 Å². The molecule has 32 heavy (non-hydrogen) atoms. The molecule has 0 radical (unpaired) electrons. The SMILES string of the molecule is N#C/C(=C/c1c(OCc2ccccc2)ccc2ccccc12)C(=O)Nc1ccc(F)cc1. The van der Waals surface area contributed by atoms with Crippen molar-refractivity contribution in [3.63, 3.8) is 0 Å². The number of nitrogens with one attached hydrogen (secondary N) is 1. The Morgan fingerprint density at radius 2 is 1.66 bits per heavy atom. The topological polar surface area (TPSA) is 62.1 Å². The van der Waals surface area contributed by atoms with E-state index in [1.165, 1.54) is 30.3 Å². The van der Waals surface area contributed by atoms with Crippen molar-refractivity contribution in [1.82, 2.24) is 0 Å². The molecule has 0 atom stereocenters. The number of carbonyl (C=O) groups is 1. The quantitative estimate of drug-likeness (QED) is 0.301. The number of nitrogens with zero attached hydrogens (tertiary/aromatic N) is 1. The molecule has 0 unspecified atom stereocenters. The summed E-state index contributed by atoms with van der Waals surface area (Å²) in [6.45, 7) is 0.351. The standard InChI is InChI=1S/C27H19FN2O2/c28-22-11-13-23(14-12-22)30-27(31)21(17-29)16-25-24-9-5-4-8-20(24)10-15-26(25)32-18-19-6-2-1-3-7-19/h1-16H,18H2,(H,30,31)/b21-16-. The molecule has 1 N–H and O–H groups in total. The number of fused-ring (bicyclic) bond motifs is 1. The molecular formula is C27H19FN2O2. The Morgan fingerprint density at radius 3 is 2.41 bits per heavy atom. The minimum absolute atomic E-state index is 0.0877. The van der Waals surface area contributed by atoms with Crippen LogP contribution in [0.2, 0.25) is 0 Å². The predicted molar refractivity (Wildman–Crippen MR) is 123 cm³/mol. The van der Waals surface area contributed by atoms with Crippen LogP contribution in [0.1, 0.15) is 11.1 Å². The van der Waals surface area contributed by atoms with E-state index in [-0.39, 0.29) is 5.57 Å². The van der Waals surface area contributed by atoms with Gasteiger partial charge in [-0.1, -0.05) is 60.7 Å². The smallest absolute Gasteiger partial charge is 0.266 e. The van der Waals surface area contributed by atoms with Crippen LogP contribution in [-0.2, 0) is 11.4 Å². The Hall–Kier alpha value is -4.43. The van der Waals surface area contributed by atoms with E-state index >= 15 is 0 Å². The van der Waals surface area contributed by atoms with Crippen LogP contribution in [0.3, 0.4) is 0 Å². The van der Waals surface area contributed by atoms with E-state index in [0.29, 0.717) is 23.6 Å². The van der Waals surface area contributed by atoms with Crippen LogP contribution in [0.4, 0.5) is 10.1 Å². The number of carbonyl (C=O) groups excluding carboxylic acids is 1. The van der Waals surface area contributed by atoms with Crippen LogP contribution >= 0.6 is 0 Å². The molecule has 0 saturated heterocycles. The first kappa shape index (κ1) is 20.8. The number of ether oxygens (including phenoxy) is 1. The first-order valence-corrected chi connectivity index (χ1v) is 10.0. The normalized spacial score (nSPS) is 11.1. The summed E-state index contributed by atoms with van der Waals surface area (Å²) in [6.07, 6.45) is 1.53. The van der Waals surface area contributed by atoms with Crippen molar-refractivity contribution in [3.8, 4) is 11.8 Å². The van der Waals surface area contributed by atoms with Crippen LogP contribution in [0.25, 0.3) is 16.8 Å². The van der Waals surface area contributed by atoms with Gasteiger partial charge in [-0.25, -0.2) is 4.39 Å². The molecular weight excluding hydrogens is 403 g/mol. The number of hydrogen-bond acceptors (Lipinski definition) is 3. The highest BCUT2D eigenvalue weighted by molar-refractivity contribution is 6.11. The highest BCUT2D eigenvalue weighted by Crippen LogP contribution is 2.31. The molecule has 4 aromatic carbocycles. The van der Waals surface area contributed by atoms with Crippen molar-refractivity contribution >= 4 is 28.4 Å². The van der Waals surface area contributed by atoms with Gasteiger partial charge in [-0.3, -0.25) is 4.79 Å². The predicted octanol–water partition coefficient (Wildman–Crippen LogP) is 6.10. The lowest BCUT2D eigenvalue weighted by Crippen LogP contribution is -2.13. The highest BCUT2D eigenvalue weighted by atomic mass is 19.1. The number of hydrogen-bond donors (Lipinski definition) is 1. The summed E-state index contributed by atoms with van der Waals surface area (Å²) >= 11 is 0. The second-order valence-electron chi connectivity index (χ2n) is 7.10. The van der Waals surface area contributed by atoms with Crippen molar-refractivity contribution in [2.75, 3.05) is 5.32 Å². The number of halogens is 1. The maximum Gasteiger partial charge on any atom is 0.266 e. The third-order valence-electron chi connectivity index (χ3n) is 4.92. The van der Waals surface area contributed by atoms with Crippen molar-refractivity contribution < 1.29 is 13.9 Å². The Bertz CT molecular complexity index is 1320. The Kier molecular flexibility index (Phi) is 6.24. The van der Waals surface area contributed by atoms with E-state index in [9.17, 15) is 14.4 Å². The monoisotopic (exact) mass is 422 g/mol. The van der Waals surface area contributed by atoms with E-state index < -0.39 is 11.7 Å². The maximum atomic E-state index is 13.1. The van der Waals surface area contributed by atoms with Gasteiger partial charge in [-0.2, -0.15) is 5.26 Å². The fourth-order valence-corrected chi connectivity index (χ4v) is 3.31. The minimum atomic E-state index is -0.582. The molecule has 0 saturated carbocycles.